The largest absolute Gasteiger partial charge is 0.373 e. The first kappa shape index (κ1) is 14.7. The van der Waals surface area contributed by atoms with Crippen molar-refractivity contribution in [2.24, 2.45) is 0 Å². The Kier molecular flexibility index (Phi) is 4.85. The van der Waals surface area contributed by atoms with Crippen LogP contribution in [0.5, 0.6) is 0 Å². The number of anilines is 2. The summed E-state index contributed by atoms with van der Waals surface area (Å²) in [6, 6.07) is 1.73. The lowest BCUT2D eigenvalue weighted by Crippen LogP contribution is -2.28. The highest BCUT2D eigenvalue weighted by molar-refractivity contribution is 7.89. The number of hydrogen-bond donors (Lipinski definition) is 2. The molecule has 0 amide bonds. The third-order valence-electron chi connectivity index (χ3n) is 2.32. The summed E-state index contributed by atoms with van der Waals surface area (Å²) in [5, 5.41) is 5.89. The van der Waals surface area contributed by atoms with E-state index in [1.54, 1.807) is 20.0 Å². The van der Waals surface area contributed by atoms with E-state index in [2.05, 4.69) is 20.6 Å². The maximum Gasteiger partial charge on any atom is 0.215 e. The number of aromatic nitrogens is 2. The Hall–Kier alpha value is -1.41. The molecule has 0 saturated carbocycles. The zero-order valence-corrected chi connectivity index (χ0v) is 11.9. The fourth-order valence-electron chi connectivity index (χ4n) is 1.28. The maximum atomic E-state index is 11.6. The molecule has 8 heteroatoms. The van der Waals surface area contributed by atoms with Crippen molar-refractivity contribution in [3.05, 3.63) is 11.9 Å². The molecule has 0 aliphatic heterocycles. The Balaban J connectivity index is 2.62. The lowest BCUT2D eigenvalue weighted by Gasteiger charge is -2.12. The molecule has 1 heterocycles. The molecule has 7 nitrogen and oxygen atoms in total. The molecule has 0 bridgehead atoms. The number of aryl methyl sites for hydroxylation is 1. The topological polar surface area (TPSA) is 87.2 Å². The molecule has 0 radical (unpaired) electrons. The van der Waals surface area contributed by atoms with Gasteiger partial charge in [-0.1, -0.05) is 0 Å². The summed E-state index contributed by atoms with van der Waals surface area (Å²) in [4.78, 5) is 8.32. The molecule has 1 aromatic heterocycles. The third-order valence-corrected chi connectivity index (χ3v) is 4.15. The number of hydrogen-bond acceptors (Lipinski definition) is 6. The molecule has 0 aliphatic rings. The molecule has 2 N–H and O–H groups in total. The molecule has 0 spiro atoms. The van der Waals surface area contributed by atoms with Crippen LogP contribution in [-0.4, -0.2) is 56.1 Å². The van der Waals surface area contributed by atoms with E-state index >= 15 is 0 Å². The summed E-state index contributed by atoms with van der Waals surface area (Å²) in [7, 11) is 1.62. The fraction of sp³-hybridized carbons (Fsp3) is 0.600. The van der Waals surface area contributed by atoms with Crippen molar-refractivity contribution in [3.63, 3.8) is 0 Å². The predicted octanol–water partition coefficient (Wildman–Crippen LogP) is 0.130. The molecule has 0 fully saturated rings. The van der Waals surface area contributed by atoms with Crippen molar-refractivity contribution in [2.45, 2.75) is 6.92 Å². The lowest BCUT2D eigenvalue weighted by molar-refractivity contribution is 0.521. The van der Waals surface area contributed by atoms with Crippen LogP contribution in [0.4, 0.5) is 11.6 Å². The highest BCUT2D eigenvalue weighted by atomic mass is 32.2. The van der Waals surface area contributed by atoms with Crippen LogP contribution < -0.4 is 10.6 Å². The maximum absolute atomic E-state index is 11.6. The summed E-state index contributed by atoms with van der Waals surface area (Å²) in [6.45, 7) is 2.09. The predicted molar refractivity (Wildman–Crippen MR) is 72.3 cm³/mol. The minimum atomic E-state index is -3.18. The van der Waals surface area contributed by atoms with Crippen LogP contribution in [0, 0.1) is 6.92 Å². The standard InChI is InChI=1S/C10H19N5O2S/c1-8-13-9(11-2)7-10(14-8)12-5-6-18(16,17)15(3)4/h7H,5-6H2,1-4H3,(H2,11,12,13,14). The first-order valence-electron chi connectivity index (χ1n) is 5.52. The molecule has 1 rings (SSSR count). The highest BCUT2D eigenvalue weighted by Gasteiger charge is 2.12. The molecule has 102 valence electrons. The number of sulfonamides is 1. The van der Waals surface area contributed by atoms with Gasteiger partial charge in [0.05, 0.1) is 5.75 Å². The average Bonchev–Trinajstić information content (AvgIpc) is 2.27. The Morgan fingerprint density at radius 3 is 2.44 bits per heavy atom. The van der Waals surface area contributed by atoms with E-state index in [0.717, 1.165) is 0 Å². The summed E-state index contributed by atoms with van der Waals surface area (Å²) in [5.74, 6) is 1.96. The zero-order chi connectivity index (χ0) is 13.8. The molecule has 0 aliphatic carbocycles. The molecular weight excluding hydrogens is 254 g/mol. The normalized spacial score (nSPS) is 11.6. The van der Waals surface area contributed by atoms with Crippen LogP contribution in [0.2, 0.25) is 0 Å². The van der Waals surface area contributed by atoms with Gasteiger partial charge < -0.3 is 10.6 Å². The van der Waals surface area contributed by atoms with E-state index < -0.39 is 10.0 Å². The van der Waals surface area contributed by atoms with Crippen LogP contribution in [0.1, 0.15) is 5.82 Å². The van der Waals surface area contributed by atoms with Crippen molar-refractivity contribution < 1.29 is 8.42 Å². The summed E-state index contributed by atoms with van der Waals surface area (Å²) < 4.78 is 24.3. The molecule has 1 aromatic rings. The summed E-state index contributed by atoms with van der Waals surface area (Å²) in [6.07, 6.45) is 0. The van der Waals surface area contributed by atoms with Gasteiger partial charge in [-0.2, -0.15) is 0 Å². The van der Waals surface area contributed by atoms with Gasteiger partial charge in [0.25, 0.3) is 0 Å². The third kappa shape index (κ3) is 4.11. The van der Waals surface area contributed by atoms with Gasteiger partial charge in [0.15, 0.2) is 0 Å². The van der Waals surface area contributed by atoms with E-state index in [-0.39, 0.29) is 5.75 Å². The monoisotopic (exact) mass is 273 g/mol. The average molecular weight is 273 g/mol. The van der Waals surface area contributed by atoms with Gasteiger partial charge in [-0.15, -0.1) is 0 Å². The SMILES string of the molecule is CNc1cc(NCCS(=O)(=O)N(C)C)nc(C)n1. The smallest absolute Gasteiger partial charge is 0.215 e. The molecule has 0 saturated heterocycles. The number of rotatable bonds is 6. The van der Waals surface area contributed by atoms with Crippen molar-refractivity contribution in [1.29, 1.82) is 0 Å². The van der Waals surface area contributed by atoms with Gasteiger partial charge in [-0.05, 0) is 6.92 Å². The summed E-state index contributed by atoms with van der Waals surface area (Å²) in [5.41, 5.74) is 0. The van der Waals surface area contributed by atoms with Crippen molar-refractivity contribution in [3.8, 4) is 0 Å². The van der Waals surface area contributed by atoms with Gasteiger partial charge in [0.1, 0.15) is 17.5 Å². The van der Waals surface area contributed by atoms with E-state index in [4.69, 9.17) is 0 Å². The lowest BCUT2D eigenvalue weighted by atomic mass is 10.5. The quantitative estimate of drug-likeness (QED) is 0.766. The zero-order valence-electron chi connectivity index (χ0n) is 11.1. The molecule has 18 heavy (non-hydrogen) atoms. The Labute approximate surface area is 108 Å². The second-order valence-corrected chi connectivity index (χ2v) is 6.26. The summed E-state index contributed by atoms with van der Waals surface area (Å²) >= 11 is 0. The number of nitrogens with zero attached hydrogens (tertiary/aromatic N) is 3. The number of nitrogens with one attached hydrogen (secondary N) is 2. The van der Waals surface area contributed by atoms with E-state index in [9.17, 15) is 8.42 Å². The second-order valence-electron chi connectivity index (χ2n) is 3.96. The minimum Gasteiger partial charge on any atom is -0.373 e. The Morgan fingerprint density at radius 2 is 1.89 bits per heavy atom. The van der Waals surface area contributed by atoms with Gasteiger partial charge in [0.2, 0.25) is 10.0 Å². The molecular formula is C10H19N5O2S. The molecule has 0 atom stereocenters. The van der Waals surface area contributed by atoms with E-state index in [1.807, 2.05) is 0 Å². The van der Waals surface area contributed by atoms with Crippen LogP contribution in [0.15, 0.2) is 6.07 Å². The van der Waals surface area contributed by atoms with Crippen LogP contribution in [-0.2, 0) is 10.0 Å². The van der Waals surface area contributed by atoms with Crippen molar-refractivity contribution in [2.75, 3.05) is 44.1 Å². The van der Waals surface area contributed by atoms with E-state index in [1.165, 1.54) is 18.4 Å². The Morgan fingerprint density at radius 1 is 1.28 bits per heavy atom. The van der Waals surface area contributed by atoms with Crippen LogP contribution in [0.25, 0.3) is 0 Å². The molecule has 0 unspecified atom stereocenters. The fourth-order valence-corrected chi connectivity index (χ4v) is 2.00. The minimum absolute atomic E-state index is 0.0257. The van der Waals surface area contributed by atoms with Crippen LogP contribution >= 0.6 is 0 Å². The second kappa shape index (κ2) is 5.96. The van der Waals surface area contributed by atoms with E-state index in [0.29, 0.717) is 24.0 Å². The van der Waals surface area contributed by atoms with Gasteiger partial charge in [0, 0.05) is 33.8 Å². The molecule has 0 aromatic carbocycles. The first-order chi connectivity index (χ1) is 8.35. The Bertz CT molecular complexity index is 501. The van der Waals surface area contributed by atoms with Crippen molar-refractivity contribution >= 4 is 21.7 Å². The van der Waals surface area contributed by atoms with Gasteiger partial charge in [-0.3, -0.25) is 0 Å². The van der Waals surface area contributed by atoms with Gasteiger partial charge >= 0.3 is 0 Å². The first-order valence-corrected chi connectivity index (χ1v) is 7.13. The van der Waals surface area contributed by atoms with Crippen molar-refractivity contribution in [1.82, 2.24) is 14.3 Å². The van der Waals surface area contributed by atoms with Gasteiger partial charge in [-0.25, -0.2) is 22.7 Å². The highest BCUT2D eigenvalue weighted by Crippen LogP contribution is 2.10. The van der Waals surface area contributed by atoms with Crippen LogP contribution in [0.3, 0.4) is 0 Å².